The van der Waals surface area contributed by atoms with Crippen molar-refractivity contribution in [1.82, 2.24) is 15.1 Å². The number of hydrogen-bond acceptors (Lipinski definition) is 3. The summed E-state index contributed by atoms with van der Waals surface area (Å²) < 4.78 is 7.06. The molecule has 0 aliphatic carbocycles. The molecule has 2 aromatic rings. The number of nitrogens with one attached hydrogen (secondary N) is 1. The van der Waals surface area contributed by atoms with Gasteiger partial charge in [0, 0.05) is 30.4 Å². The van der Waals surface area contributed by atoms with E-state index in [0.717, 1.165) is 23.3 Å². The number of aryl methyl sites for hydroxylation is 1. The Morgan fingerprint density at radius 3 is 2.86 bits per heavy atom. The fourth-order valence-corrected chi connectivity index (χ4v) is 2.27. The molecule has 1 atom stereocenters. The topological polar surface area (TPSA) is 56.2 Å². The second-order valence-corrected chi connectivity index (χ2v) is 4.99. The number of amides is 1. The van der Waals surface area contributed by atoms with Crippen molar-refractivity contribution in [1.29, 1.82) is 0 Å². The van der Waals surface area contributed by atoms with Crippen molar-refractivity contribution >= 4 is 12.0 Å². The summed E-state index contributed by atoms with van der Waals surface area (Å²) >= 11 is 0. The highest BCUT2D eigenvalue weighted by atomic mass is 16.5. The first-order valence-electron chi connectivity index (χ1n) is 7.24. The van der Waals surface area contributed by atoms with Crippen LogP contribution in [0.25, 0.3) is 6.08 Å². The van der Waals surface area contributed by atoms with E-state index < -0.39 is 0 Å². The highest BCUT2D eigenvalue weighted by molar-refractivity contribution is 5.91. The second kappa shape index (κ2) is 7.45. The Labute approximate surface area is 130 Å². The number of aromatic nitrogens is 2. The summed E-state index contributed by atoms with van der Waals surface area (Å²) in [6.07, 6.45) is 7.61. The van der Waals surface area contributed by atoms with Crippen LogP contribution in [0.2, 0.25) is 0 Å². The molecule has 1 N–H and O–H groups in total. The van der Waals surface area contributed by atoms with Crippen molar-refractivity contribution in [3.63, 3.8) is 0 Å². The van der Waals surface area contributed by atoms with E-state index in [9.17, 15) is 4.79 Å². The van der Waals surface area contributed by atoms with Gasteiger partial charge in [0.15, 0.2) is 0 Å². The fraction of sp³-hybridized carbons (Fsp3) is 0.294. The van der Waals surface area contributed by atoms with E-state index in [2.05, 4.69) is 10.4 Å². The van der Waals surface area contributed by atoms with Gasteiger partial charge in [-0.1, -0.05) is 25.1 Å². The zero-order valence-corrected chi connectivity index (χ0v) is 13.1. The average Bonchev–Trinajstić information content (AvgIpc) is 2.96. The predicted molar refractivity (Wildman–Crippen MR) is 86.4 cm³/mol. The molecule has 1 heterocycles. The lowest BCUT2D eigenvalue weighted by Gasteiger charge is -2.19. The van der Waals surface area contributed by atoms with Gasteiger partial charge in [-0.05, 0) is 18.6 Å². The SMILES string of the molecule is CCC(NC(=O)/C=C/c1cnn(C)c1)c1ccccc1OC. The van der Waals surface area contributed by atoms with Crippen LogP contribution in [0.3, 0.4) is 0 Å². The van der Waals surface area contributed by atoms with Gasteiger partial charge in [-0.15, -0.1) is 0 Å². The summed E-state index contributed by atoms with van der Waals surface area (Å²) in [6.45, 7) is 2.03. The van der Waals surface area contributed by atoms with Crippen LogP contribution in [-0.2, 0) is 11.8 Å². The normalized spacial score (nSPS) is 12.3. The van der Waals surface area contributed by atoms with E-state index in [4.69, 9.17) is 4.74 Å². The summed E-state index contributed by atoms with van der Waals surface area (Å²) in [5.74, 6) is 0.646. The van der Waals surface area contributed by atoms with Gasteiger partial charge in [0.1, 0.15) is 5.75 Å². The Bertz CT molecular complexity index is 661. The third kappa shape index (κ3) is 3.97. The van der Waals surface area contributed by atoms with Crippen LogP contribution in [0.5, 0.6) is 5.75 Å². The molecule has 0 aliphatic heterocycles. The number of carbonyl (C=O) groups is 1. The minimum atomic E-state index is -0.137. The standard InChI is InChI=1S/C17H21N3O2/c1-4-15(14-7-5-6-8-16(14)22-3)19-17(21)10-9-13-11-18-20(2)12-13/h5-12,15H,4H2,1-3H3,(H,19,21)/b10-9+. The summed E-state index contributed by atoms with van der Waals surface area (Å²) in [5, 5.41) is 7.06. The number of ether oxygens (including phenoxy) is 1. The molecule has 5 heteroatoms. The quantitative estimate of drug-likeness (QED) is 0.834. The van der Waals surface area contributed by atoms with Crippen LogP contribution in [0.4, 0.5) is 0 Å². The molecule has 0 radical (unpaired) electrons. The first kappa shape index (κ1) is 15.8. The lowest BCUT2D eigenvalue weighted by molar-refractivity contribution is -0.117. The minimum absolute atomic E-state index is 0.0813. The molecule has 5 nitrogen and oxygen atoms in total. The smallest absolute Gasteiger partial charge is 0.244 e. The van der Waals surface area contributed by atoms with Crippen molar-refractivity contribution in [2.24, 2.45) is 7.05 Å². The van der Waals surface area contributed by atoms with Gasteiger partial charge in [-0.2, -0.15) is 5.10 Å². The maximum atomic E-state index is 12.1. The molecule has 2 rings (SSSR count). The fourth-order valence-electron chi connectivity index (χ4n) is 2.27. The zero-order valence-electron chi connectivity index (χ0n) is 13.1. The third-order valence-corrected chi connectivity index (χ3v) is 3.39. The van der Waals surface area contributed by atoms with Gasteiger partial charge in [-0.25, -0.2) is 0 Å². The monoisotopic (exact) mass is 299 g/mol. The van der Waals surface area contributed by atoms with Gasteiger partial charge in [-0.3, -0.25) is 9.48 Å². The first-order valence-corrected chi connectivity index (χ1v) is 7.24. The highest BCUT2D eigenvalue weighted by Gasteiger charge is 2.15. The molecule has 0 spiro atoms. The number of methoxy groups -OCH3 is 1. The number of carbonyl (C=O) groups excluding carboxylic acids is 1. The van der Waals surface area contributed by atoms with Crippen molar-refractivity contribution in [2.45, 2.75) is 19.4 Å². The van der Waals surface area contributed by atoms with Gasteiger partial charge in [0.25, 0.3) is 0 Å². The van der Waals surface area contributed by atoms with Crippen molar-refractivity contribution in [3.05, 3.63) is 53.9 Å². The van der Waals surface area contributed by atoms with E-state index in [1.165, 1.54) is 6.08 Å². The lowest BCUT2D eigenvalue weighted by Crippen LogP contribution is -2.26. The molecular weight excluding hydrogens is 278 g/mol. The van der Waals surface area contributed by atoms with Crippen LogP contribution in [0.1, 0.15) is 30.5 Å². The molecular formula is C17H21N3O2. The van der Waals surface area contributed by atoms with Crippen LogP contribution < -0.4 is 10.1 Å². The molecule has 22 heavy (non-hydrogen) atoms. The molecule has 1 aromatic heterocycles. The van der Waals surface area contributed by atoms with E-state index in [0.29, 0.717) is 0 Å². The maximum absolute atomic E-state index is 12.1. The largest absolute Gasteiger partial charge is 0.496 e. The third-order valence-electron chi connectivity index (χ3n) is 3.39. The number of rotatable bonds is 6. The minimum Gasteiger partial charge on any atom is -0.496 e. The summed E-state index contributed by atoms with van der Waals surface area (Å²) in [4.78, 5) is 12.1. The highest BCUT2D eigenvalue weighted by Crippen LogP contribution is 2.26. The van der Waals surface area contributed by atoms with Crippen LogP contribution in [0.15, 0.2) is 42.7 Å². The van der Waals surface area contributed by atoms with E-state index in [1.807, 2.05) is 44.4 Å². The van der Waals surface area contributed by atoms with Gasteiger partial charge in [0.2, 0.25) is 5.91 Å². The summed E-state index contributed by atoms with van der Waals surface area (Å²) in [6, 6.07) is 7.65. The Balaban J connectivity index is 2.06. The number of benzene rings is 1. The zero-order chi connectivity index (χ0) is 15.9. The Morgan fingerprint density at radius 2 is 2.23 bits per heavy atom. The van der Waals surface area contributed by atoms with Crippen LogP contribution in [0, 0.1) is 0 Å². The first-order chi connectivity index (χ1) is 10.6. The molecule has 0 saturated carbocycles. The van der Waals surface area contributed by atoms with Gasteiger partial charge >= 0.3 is 0 Å². The number of para-hydroxylation sites is 1. The van der Waals surface area contributed by atoms with Gasteiger partial charge in [0.05, 0.1) is 19.3 Å². The molecule has 0 saturated heterocycles. The molecule has 0 aliphatic rings. The lowest BCUT2D eigenvalue weighted by atomic mass is 10.0. The second-order valence-electron chi connectivity index (χ2n) is 4.99. The molecule has 116 valence electrons. The van der Waals surface area contributed by atoms with Gasteiger partial charge < -0.3 is 10.1 Å². The van der Waals surface area contributed by atoms with E-state index in [1.54, 1.807) is 24.1 Å². The number of nitrogens with zero attached hydrogens (tertiary/aromatic N) is 2. The average molecular weight is 299 g/mol. The van der Waals surface area contributed by atoms with Crippen molar-refractivity contribution in [3.8, 4) is 5.75 Å². The van der Waals surface area contributed by atoms with Crippen LogP contribution >= 0.6 is 0 Å². The molecule has 1 aromatic carbocycles. The van der Waals surface area contributed by atoms with Crippen LogP contribution in [-0.4, -0.2) is 22.8 Å². The Kier molecular flexibility index (Phi) is 5.36. The maximum Gasteiger partial charge on any atom is 0.244 e. The summed E-state index contributed by atoms with van der Waals surface area (Å²) in [7, 11) is 3.47. The Hall–Kier alpha value is -2.56. The van der Waals surface area contributed by atoms with Crippen molar-refractivity contribution in [2.75, 3.05) is 7.11 Å². The molecule has 1 amide bonds. The molecule has 0 fully saturated rings. The predicted octanol–water partition coefficient (Wildman–Crippen LogP) is 2.71. The number of hydrogen-bond donors (Lipinski definition) is 1. The van der Waals surface area contributed by atoms with Crippen molar-refractivity contribution < 1.29 is 9.53 Å². The van der Waals surface area contributed by atoms with E-state index in [-0.39, 0.29) is 11.9 Å². The Morgan fingerprint density at radius 1 is 1.45 bits per heavy atom. The molecule has 1 unspecified atom stereocenters. The summed E-state index contributed by atoms with van der Waals surface area (Å²) in [5.41, 5.74) is 1.87. The van der Waals surface area contributed by atoms with E-state index >= 15 is 0 Å². The molecule has 0 bridgehead atoms.